The highest BCUT2D eigenvalue weighted by Crippen LogP contribution is 2.28. The molecule has 4 aromatic rings. The third kappa shape index (κ3) is 3.60. The van der Waals surface area contributed by atoms with E-state index in [0.717, 1.165) is 70.5 Å². The maximum atomic E-state index is 13.2. The molecule has 0 spiro atoms. The molecule has 0 amide bonds. The van der Waals surface area contributed by atoms with E-state index in [1.165, 1.54) is 6.20 Å². The van der Waals surface area contributed by atoms with Crippen LogP contribution in [0.3, 0.4) is 0 Å². The van der Waals surface area contributed by atoms with Gasteiger partial charge in [-0.05, 0) is 43.7 Å². The van der Waals surface area contributed by atoms with Gasteiger partial charge in [0, 0.05) is 50.4 Å². The lowest BCUT2D eigenvalue weighted by molar-refractivity contribution is 0.369. The van der Waals surface area contributed by atoms with Gasteiger partial charge >= 0.3 is 5.69 Å². The summed E-state index contributed by atoms with van der Waals surface area (Å²) >= 11 is 0. The lowest BCUT2D eigenvalue weighted by Gasteiger charge is -2.24. The van der Waals surface area contributed by atoms with Crippen LogP contribution in [0.4, 0.5) is 0 Å². The molecule has 1 aliphatic rings. The number of allylic oxidation sites excluding steroid dienone is 1. The Hall–Kier alpha value is -3.85. The number of aryl methyl sites for hydroxylation is 1. The molecule has 3 N–H and O–H groups in total. The highest BCUT2D eigenvalue weighted by Gasteiger charge is 2.23. The van der Waals surface area contributed by atoms with E-state index < -0.39 is 0 Å². The van der Waals surface area contributed by atoms with Gasteiger partial charge in [0.2, 0.25) is 0 Å². The quantitative estimate of drug-likeness (QED) is 0.469. The second-order valence-electron chi connectivity index (χ2n) is 8.21. The monoisotopic (exact) mass is 442 g/mol. The number of hydrogen-bond donors (Lipinski definition) is 2. The first kappa shape index (κ1) is 21.0. The first-order chi connectivity index (χ1) is 16.1. The Balaban J connectivity index is 1.66. The van der Waals surface area contributed by atoms with E-state index in [2.05, 4.69) is 20.3 Å². The normalized spacial score (nSPS) is 17.4. The van der Waals surface area contributed by atoms with Crippen molar-refractivity contribution in [1.29, 1.82) is 0 Å². The number of nitrogens with zero attached hydrogens (tertiary/aromatic N) is 6. The number of pyridine rings is 3. The maximum Gasteiger partial charge on any atom is 0.329 e. The van der Waals surface area contributed by atoms with E-state index in [0.29, 0.717) is 0 Å². The topological polar surface area (TPSA) is 116 Å². The van der Waals surface area contributed by atoms with E-state index in [1.807, 2.05) is 28.8 Å². The predicted octanol–water partition coefficient (Wildman–Crippen LogP) is 2.27. The van der Waals surface area contributed by atoms with E-state index in [9.17, 15) is 4.79 Å². The fraction of sp³-hybridized carbons (Fsp3) is 0.292. The summed E-state index contributed by atoms with van der Waals surface area (Å²) in [6.07, 6.45) is 8.69. The van der Waals surface area contributed by atoms with Gasteiger partial charge in [0.1, 0.15) is 5.52 Å². The molecule has 0 aliphatic carbocycles. The van der Waals surface area contributed by atoms with Crippen LogP contribution in [-0.2, 0) is 7.05 Å². The average molecular weight is 443 g/mol. The fourth-order valence-corrected chi connectivity index (χ4v) is 4.49. The van der Waals surface area contributed by atoms with E-state index in [1.54, 1.807) is 37.3 Å². The van der Waals surface area contributed by atoms with Crippen molar-refractivity contribution in [2.24, 2.45) is 17.8 Å². The Morgan fingerprint density at radius 3 is 2.82 bits per heavy atom. The fourth-order valence-electron chi connectivity index (χ4n) is 4.49. The van der Waals surface area contributed by atoms with E-state index >= 15 is 0 Å². The third-order valence-corrected chi connectivity index (χ3v) is 6.20. The second kappa shape index (κ2) is 8.59. The standard InChI is InChI=1S/C24H26N8O/c1-26-11-16(10-25)18-6-5-15(12-28-18)19-7-8-20-22(30-19)23-21(14-29-20)31(2)24(33)32(23)17-4-3-9-27-13-17/h5-8,10-12,14,17,27H,3-4,9,13,25H2,1-2H3. The molecule has 168 valence electrons. The lowest BCUT2D eigenvalue weighted by atomic mass is 10.1. The van der Waals surface area contributed by atoms with Crippen LogP contribution in [0.2, 0.25) is 0 Å². The van der Waals surface area contributed by atoms with Gasteiger partial charge in [0.15, 0.2) is 0 Å². The Morgan fingerprint density at radius 2 is 2.12 bits per heavy atom. The van der Waals surface area contributed by atoms with Crippen molar-refractivity contribution in [1.82, 2.24) is 29.4 Å². The molecule has 0 saturated carbocycles. The minimum Gasteiger partial charge on any atom is -0.404 e. The minimum absolute atomic E-state index is 0.0371. The Bertz CT molecular complexity index is 1440. The summed E-state index contributed by atoms with van der Waals surface area (Å²) in [7, 11) is 3.48. The zero-order chi connectivity index (χ0) is 22.9. The molecule has 5 rings (SSSR count). The van der Waals surface area contributed by atoms with Crippen LogP contribution in [0.5, 0.6) is 0 Å². The number of hydrogen-bond acceptors (Lipinski definition) is 7. The maximum absolute atomic E-state index is 13.2. The molecule has 1 atom stereocenters. The van der Waals surface area contributed by atoms with Gasteiger partial charge in [-0.3, -0.25) is 24.1 Å². The number of aromatic nitrogens is 5. The Kier molecular flexibility index (Phi) is 5.47. The number of imidazole rings is 1. The molecule has 9 nitrogen and oxygen atoms in total. The van der Waals surface area contributed by atoms with Crippen molar-refractivity contribution in [3.63, 3.8) is 0 Å². The molecule has 1 fully saturated rings. The lowest BCUT2D eigenvalue weighted by Crippen LogP contribution is -2.36. The van der Waals surface area contributed by atoms with Crippen LogP contribution in [0, 0.1) is 0 Å². The first-order valence-electron chi connectivity index (χ1n) is 11.0. The zero-order valence-corrected chi connectivity index (χ0v) is 18.7. The number of aliphatic imine (C=N–C) groups is 1. The molecule has 0 aromatic carbocycles. The summed E-state index contributed by atoms with van der Waals surface area (Å²) in [5, 5.41) is 3.41. The zero-order valence-electron chi connectivity index (χ0n) is 18.7. The molecule has 1 saturated heterocycles. The van der Waals surface area contributed by atoms with Crippen LogP contribution in [0.1, 0.15) is 24.6 Å². The van der Waals surface area contributed by atoms with Crippen molar-refractivity contribution in [2.75, 3.05) is 20.1 Å². The van der Waals surface area contributed by atoms with Gasteiger partial charge in [-0.2, -0.15) is 0 Å². The van der Waals surface area contributed by atoms with Gasteiger partial charge in [-0.25, -0.2) is 9.78 Å². The van der Waals surface area contributed by atoms with Crippen molar-refractivity contribution < 1.29 is 0 Å². The molecule has 33 heavy (non-hydrogen) atoms. The summed E-state index contributed by atoms with van der Waals surface area (Å²) < 4.78 is 3.56. The number of fused-ring (bicyclic) bond motifs is 3. The molecular weight excluding hydrogens is 416 g/mol. The van der Waals surface area contributed by atoms with Crippen molar-refractivity contribution in [3.8, 4) is 11.3 Å². The first-order valence-corrected chi connectivity index (χ1v) is 11.0. The van der Waals surface area contributed by atoms with Gasteiger partial charge in [-0.1, -0.05) is 0 Å². The average Bonchev–Trinajstić information content (AvgIpc) is 3.13. The summed E-state index contributed by atoms with van der Waals surface area (Å²) in [4.78, 5) is 31.2. The molecule has 1 unspecified atom stereocenters. The van der Waals surface area contributed by atoms with E-state index in [-0.39, 0.29) is 11.7 Å². The van der Waals surface area contributed by atoms with Crippen LogP contribution >= 0.6 is 0 Å². The van der Waals surface area contributed by atoms with Gasteiger partial charge < -0.3 is 11.1 Å². The summed E-state index contributed by atoms with van der Waals surface area (Å²) in [6, 6.07) is 7.82. The summed E-state index contributed by atoms with van der Waals surface area (Å²) in [5.74, 6) is 0. The molecule has 0 radical (unpaired) electrons. The van der Waals surface area contributed by atoms with Crippen LogP contribution in [0.25, 0.3) is 38.9 Å². The van der Waals surface area contributed by atoms with Crippen molar-refractivity contribution in [3.05, 3.63) is 59.0 Å². The third-order valence-electron chi connectivity index (χ3n) is 6.20. The summed E-state index contributed by atoms with van der Waals surface area (Å²) in [6.45, 7) is 1.75. The smallest absolute Gasteiger partial charge is 0.329 e. The van der Waals surface area contributed by atoms with Gasteiger partial charge in [0.25, 0.3) is 0 Å². The van der Waals surface area contributed by atoms with Gasteiger partial charge in [0.05, 0.1) is 40.2 Å². The van der Waals surface area contributed by atoms with Crippen molar-refractivity contribution >= 4 is 33.9 Å². The molecular formula is C24H26N8O. The molecule has 1 aliphatic heterocycles. The number of piperidine rings is 1. The molecule has 0 bridgehead atoms. The van der Waals surface area contributed by atoms with Crippen LogP contribution < -0.4 is 16.7 Å². The second-order valence-corrected chi connectivity index (χ2v) is 8.21. The van der Waals surface area contributed by atoms with Crippen molar-refractivity contribution in [2.45, 2.75) is 18.9 Å². The largest absolute Gasteiger partial charge is 0.404 e. The summed E-state index contributed by atoms with van der Waals surface area (Å²) in [5.41, 5.74) is 11.9. The molecule has 5 heterocycles. The Morgan fingerprint density at radius 1 is 1.24 bits per heavy atom. The highest BCUT2D eigenvalue weighted by atomic mass is 16.1. The number of nitrogens with two attached hydrogens (primary N) is 1. The molecule has 4 aromatic heterocycles. The Labute approximate surface area is 190 Å². The van der Waals surface area contributed by atoms with E-state index in [4.69, 9.17) is 10.7 Å². The van der Waals surface area contributed by atoms with Crippen LogP contribution in [-0.4, -0.2) is 50.4 Å². The number of rotatable bonds is 4. The SMILES string of the molecule is CN=CC(=CN)c1ccc(-c2ccc3ncc4c(c3n2)n(C2CCCNC2)c(=O)n4C)cn1. The highest BCUT2D eigenvalue weighted by molar-refractivity contribution is 6.08. The van der Waals surface area contributed by atoms with Gasteiger partial charge in [-0.15, -0.1) is 0 Å². The van der Waals surface area contributed by atoms with Crippen LogP contribution in [0.15, 0.2) is 52.6 Å². The molecule has 9 heteroatoms. The predicted molar refractivity (Wildman–Crippen MR) is 131 cm³/mol. The number of nitrogens with one attached hydrogen (secondary N) is 1. The minimum atomic E-state index is -0.0371.